The van der Waals surface area contributed by atoms with Gasteiger partial charge >= 0.3 is 5.97 Å². The molecule has 0 saturated heterocycles. The van der Waals surface area contributed by atoms with Gasteiger partial charge in [0, 0.05) is 5.56 Å². The summed E-state index contributed by atoms with van der Waals surface area (Å²) in [5.41, 5.74) is 3.00. The molecule has 4 heteroatoms. The number of hydrogen-bond acceptors (Lipinski definition) is 3. The van der Waals surface area contributed by atoms with E-state index in [-0.39, 0.29) is 11.8 Å². The minimum atomic E-state index is -0.946. The zero-order valence-corrected chi connectivity index (χ0v) is 11.8. The van der Waals surface area contributed by atoms with Crippen molar-refractivity contribution in [2.45, 2.75) is 20.3 Å². The first-order chi connectivity index (χ1) is 9.99. The van der Waals surface area contributed by atoms with Gasteiger partial charge in [0.2, 0.25) is 5.43 Å². The summed E-state index contributed by atoms with van der Waals surface area (Å²) in [4.78, 5) is 23.6. The van der Waals surface area contributed by atoms with Crippen LogP contribution in [0.25, 0.3) is 21.9 Å². The Balaban J connectivity index is 2.52. The van der Waals surface area contributed by atoms with Crippen LogP contribution in [0.3, 0.4) is 0 Å². The van der Waals surface area contributed by atoms with Crippen molar-refractivity contribution in [1.82, 2.24) is 0 Å². The summed E-state index contributed by atoms with van der Waals surface area (Å²) >= 11 is 0. The van der Waals surface area contributed by atoms with Gasteiger partial charge in [-0.05, 0) is 37.1 Å². The molecule has 0 unspecified atom stereocenters. The molecule has 0 aliphatic carbocycles. The zero-order valence-electron chi connectivity index (χ0n) is 11.8. The number of benzene rings is 2. The molecule has 1 heterocycles. The lowest BCUT2D eigenvalue weighted by Crippen LogP contribution is -2.08. The van der Waals surface area contributed by atoms with Crippen LogP contribution in [0.1, 0.15) is 16.7 Å². The molecule has 0 amide bonds. The molecule has 106 valence electrons. The van der Waals surface area contributed by atoms with Gasteiger partial charge in [-0.15, -0.1) is 0 Å². The maximum Gasteiger partial charge on any atom is 0.307 e. The summed E-state index contributed by atoms with van der Waals surface area (Å²) < 4.78 is 5.91. The summed E-state index contributed by atoms with van der Waals surface area (Å²) in [6, 6.07) is 8.86. The smallest absolute Gasteiger partial charge is 0.307 e. The average molecular weight is 282 g/mol. The number of carboxylic acid groups (broad SMARTS) is 1. The van der Waals surface area contributed by atoms with Crippen molar-refractivity contribution in [3.63, 3.8) is 0 Å². The molecule has 21 heavy (non-hydrogen) atoms. The Morgan fingerprint density at radius 2 is 1.76 bits per heavy atom. The van der Waals surface area contributed by atoms with Crippen LogP contribution in [0.15, 0.2) is 39.5 Å². The van der Waals surface area contributed by atoms with Gasteiger partial charge in [-0.25, -0.2) is 0 Å². The monoisotopic (exact) mass is 282 g/mol. The van der Waals surface area contributed by atoms with Gasteiger partial charge in [-0.1, -0.05) is 18.2 Å². The molecule has 0 bridgehead atoms. The fourth-order valence-corrected chi connectivity index (χ4v) is 2.61. The molecular weight excluding hydrogens is 268 g/mol. The van der Waals surface area contributed by atoms with Crippen molar-refractivity contribution in [2.24, 2.45) is 0 Å². The van der Waals surface area contributed by atoms with Crippen LogP contribution >= 0.6 is 0 Å². The minimum absolute atomic E-state index is 0.124. The molecule has 3 aromatic rings. The first-order valence-corrected chi connectivity index (χ1v) is 6.65. The number of rotatable bonds is 2. The lowest BCUT2D eigenvalue weighted by Gasteiger charge is -2.09. The van der Waals surface area contributed by atoms with Crippen molar-refractivity contribution in [2.75, 3.05) is 0 Å². The van der Waals surface area contributed by atoms with Crippen molar-refractivity contribution in [3.8, 4) is 0 Å². The zero-order chi connectivity index (χ0) is 15.1. The van der Waals surface area contributed by atoms with E-state index in [4.69, 9.17) is 9.52 Å². The maximum atomic E-state index is 12.6. The summed E-state index contributed by atoms with van der Waals surface area (Å²) in [6.45, 7) is 3.68. The second-order valence-electron chi connectivity index (χ2n) is 5.19. The third-order valence-corrected chi connectivity index (χ3v) is 3.73. The Morgan fingerprint density at radius 1 is 1.05 bits per heavy atom. The molecular formula is C17H14O4. The number of aryl methyl sites for hydroxylation is 2. The normalized spacial score (nSPS) is 11.1. The van der Waals surface area contributed by atoms with Crippen LogP contribution in [-0.2, 0) is 11.2 Å². The third-order valence-electron chi connectivity index (χ3n) is 3.73. The van der Waals surface area contributed by atoms with E-state index < -0.39 is 5.97 Å². The fourth-order valence-electron chi connectivity index (χ4n) is 2.61. The molecule has 0 aliphatic rings. The highest BCUT2D eigenvalue weighted by Gasteiger charge is 2.15. The predicted octanol–water partition coefficient (Wildman–Crippen LogP) is 3.19. The molecule has 0 fully saturated rings. The number of carbonyl (C=O) groups is 1. The quantitative estimate of drug-likeness (QED) is 0.733. The molecule has 0 saturated carbocycles. The Kier molecular flexibility index (Phi) is 3.01. The van der Waals surface area contributed by atoms with E-state index in [1.54, 1.807) is 18.2 Å². The lowest BCUT2D eigenvalue weighted by molar-refractivity contribution is -0.136. The van der Waals surface area contributed by atoms with E-state index in [1.165, 1.54) is 0 Å². The third kappa shape index (κ3) is 2.09. The first kappa shape index (κ1) is 13.4. The van der Waals surface area contributed by atoms with Gasteiger partial charge < -0.3 is 9.52 Å². The number of aliphatic carboxylic acids is 1. The predicted molar refractivity (Wildman–Crippen MR) is 80.8 cm³/mol. The van der Waals surface area contributed by atoms with E-state index in [1.807, 2.05) is 26.0 Å². The van der Waals surface area contributed by atoms with Crippen molar-refractivity contribution < 1.29 is 14.3 Å². The summed E-state index contributed by atoms with van der Waals surface area (Å²) in [7, 11) is 0. The number of carboxylic acids is 1. The molecule has 3 rings (SSSR count). The number of para-hydroxylation sites is 1. The van der Waals surface area contributed by atoms with E-state index in [0.717, 1.165) is 11.1 Å². The second kappa shape index (κ2) is 4.74. The molecule has 4 nitrogen and oxygen atoms in total. The van der Waals surface area contributed by atoms with E-state index >= 15 is 0 Å². The van der Waals surface area contributed by atoms with Gasteiger partial charge in [0.1, 0.15) is 11.2 Å². The lowest BCUT2D eigenvalue weighted by atomic mass is 10.0. The van der Waals surface area contributed by atoms with E-state index in [2.05, 4.69) is 0 Å². The van der Waals surface area contributed by atoms with Gasteiger partial charge in [0.05, 0.1) is 17.2 Å². The highest BCUT2D eigenvalue weighted by Crippen LogP contribution is 2.26. The Bertz CT molecular complexity index is 935. The Hall–Kier alpha value is -2.62. The standard InChI is InChI=1S/C17H14O4/c1-9-6-7-12-15(20)11-5-3-4-10(2)16(11)21-17(12)13(9)8-14(18)19/h3-7H,8H2,1-2H3,(H,18,19). The summed E-state index contributed by atoms with van der Waals surface area (Å²) in [6.07, 6.45) is -0.163. The van der Waals surface area contributed by atoms with Crippen molar-refractivity contribution in [1.29, 1.82) is 0 Å². The number of hydrogen-bond donors (Lipinski definition) is 1. The Morgan fingerprint density at radius 3 is 2.48 bits per heavy atom. The largest absolute Gasteiger partial charge is 0.481 e. The minimum Gasteiger partial charge on any atom is -0.481 e. The van der Waals surface area contributed by atoms with Crippen LogP contribution in [0.2, 0.25) is 0 Å². The topological polar surface area (TPSA) is 67.5 Å². The highest BCUT2D eigenvalue weighted by molar-refractivity contribution is 5.93. The molecule has 0 spiro atoms. The van der Waals surface area contributed by atoms with E-state index in [0.29, 0.717) is 27.5 Å². The van der Waals surface area contributed by atoms with Crippen molar-refractivity contribution in [3.05, 3.63) is 57.2 Å². The molecule has 0 radical (unpaired) electrons. The summed E-state index contributed by atoms with van der Waals surface area (Å²) in [5.74, 6) is -0.946. The number of fused-ring (bicyclic) bond motifs is 2. The SMILES string of the molecule is Cc1ccc2c(=O)c3cccc(C)c3oc2c1CC(=O)O. The summed E-state index contributed by atoms with van der Waals surface area (Å²) in [5, 5.41) is 10.0. The van der Waals surface area contributed by atoms with Crippen LogP contribution in [0, 0.1) is 13.8 Å². The van der Waals surface area contributed by atoms with Crippen LogP contribution < -0.4 is 5.43 Å². The molecule has 0 atom stereocenters. The van der Waals surface area contributed by atoms with Crippen molar-refractivity contribution >= 4 is 27.9 Å². The van der Waals surface area contributed by atoms with Gasteiger partial charge in [-0.2, -0.15) is 0 Å². The molecule has 1 aromatic heterocycles. The second-order valence-corrected chi connectivity index (χ2v) is 5.19. The average Bonchev–Trinajstić information content (AvgIpc) is 2.43. The van der Waals surface area contributed by atoms with Gasteiger partial charge in [0.15, 0.2) is 0 Å². The van der Waals surface area contributed by atoms with Crippen LogP contribution in [0.5, 0.6) is 0 Å². The molecule has 2 aromatic carbocycles. The maximum absolute atomic E-state index is 12.6. The van der Waals surface area contributed by atoms with Gasteiger partial charge in [-0.3, -0.25) is 9.59 Å². The van der Waals surface area contributed by atoms with E-state index in [9.17, 15) is 9.59 Å². The van der Waals surface area contributed by atoms with Crippen LogP contribution in [0.4, 0.5) is 0 Å². The highest BCUT2D eigenvalue weighted by atomic mass is 16.4. The fraction of sp³-hybridized carbons (Fsp3) is 0.176. The van der Waals surface area contributed by atoms with Gasteiger partial charge in [0.25, 0.3) is 0 Å². The molecule has 1 N–H and O–H groups in total. The Labute approximate surface area is 120 Å². The van der Waals surface area contributed by atoms with Crippen LogP contribution in [-0.4, -0.2) is 11.1 Å². The molecule has 0 aliphatic heterocycles. The first-order valence-electron chi connectivity index (χ1n) is 6.65.